The van der Waals surface area contributed by atoms with Crippen LogP contribution < -0.4 is 11.5 Å². The summed E-state index contributed by atoms with van der Waals surface area (Å²) in [5.41, 5.74) is 9.91. The van der Waals surface area contributed by atoms with E-state index in [2.05, 4.69) is 9.68 Å². The lowest BCUT2D eigenvalue weighted by atomic mass is 10.4. The van der Waals surface area contributed by atoms with Crippen LogP contribution in [-0.2, 0) is 19.3 Å². The van der Waals surface area contributed by atoms with E-state index in [-0.39, 0.29) is 0 Å². The minimum absolute atomic E-state index is 0.494. The van der Waals surface area contributed by atoms with Crippen LogP contribution in [0.2, 0.25) is 0 Å². The molecule has 4 N–H and O–H groups in total. The summed E-state index contributed by atoms with van der Waals surface area (Å²) in [4.78, 5) is 53.7. The van der Waals surface area contributed by atoms with Gasteiger partial charge < -0.3 is 21.1 Å². The Hall–Kier alpha value is -2.52. The van der Waals surface area contributed by atoms with Crippen LogP contribution in [0.4, 0.5) is 9.59 Å². The van der Waals surface area contributed by atoms with Crippen molar-refractivity contribution in [1.29, 1.82) is 0 Å². The zero-order chi connectivity index (χ0) is 16.0. The van der Waals surface area contributed by atoms with Crippen LogP contribution in [0, 0.1) is 0 Å². The van der Waals surface area contributed by atoms with Crippen LogP contribution in [0.25, 0.3) is 0 Å². The molecule has 0 aromatic carbocycles. The number of carbonyl (C=O) groups is 4. The Bertz CT molecular complexity index is 371. The van der Waals surface area contributed by atoms with Crippen LogP contribution in [0.15, 0.2) is 0 Å². The Balaban J connectivity index is 4.74. The van der Waals surface area contributed by atoms with Crippen molar-refractivity contribution in [1.82, 2.24) is 10.1 Å². The van der Waals surface area contributed by atoms with Crippen LogP contribution in [-0.4, -0.2) is 46.2 Å². The summed E-state index contributed by atoms with van der Waals surface area (Å²) in [5, 5.41) is 0.987. The maximum absolute atomic E-state index is 11.4. The van der Waals surface area contributed by atoms with Gasteiger partial charge in [-0.2, -0.15) is 10.1 Å². The number of carbonyl (C=O) groups excluding carboxylic acids is 4. The van der Waals surface area contributed by atoms with E-state index in [1.54, 1.807) is 0 Å². The number of nitrogens with zero attached hydrogens (tertiary/aromatic N) is 2. The molecule has 0 radical (unpaired) electrons. The minimum atomic E-state index is -1.51. The van der Waals surface area contributed by atoms with E-state index in [0.717, 1.165) is 0 Å². The highest BCUT2D eigenvalue weighted by molar-refractivity contribution is 6.29. The summed E-state index contributed by atoms with van der Waals surface area (Å²) in [5.74, 6) is -3.02. The first kappa shape index (κ1) is 17.5. The summed E-state index contributed by atoms with van der Waals surface area (Å²) >= 11 is 0. The van der Waals surface area contributed by atoms with E-state index in [0.29, 0.717) is 10.1 Å². The molecule has 0 aromatic heterocycles. The quantitative estimate of drug-likeness (QED) is 0.517. The third-order valence-electron chi connectivity index (χ3n) is 1.90. The summed E-state index contributed by atoms with van der Waals surface area (Å²) in [6.07, 6.45) is 0. The molecular weight excluding hydrogens is 272 g/mol. The van der Waals surface area contributed by atoms with Crippen molar-refractivity contribution < 1.29 is 28.9 Å². The molecule has 0 aromatic rings. The Morgan fingerprint density at radius 1 is 0.750 bits per heavy atom. The number of primary amides is 2. The third-order valence-corrected chi connectivity index (χ3v) is 1.90. The van der Waals surface area contributed by atoms with E-state index in [1.165, 1.54) is 27.7 Å². The molecule has 114 valence electrons. The molecule has 10 nitrogen and oxygen atoms in total. The van der Waals surface area contributed by atoms with Crippen molar-refractivity contribution >= 4 is 24.0 Å². The van der Waals surface area contributed by atoms with Gasteiger partial charge in [0.15, 0.2) is 0 Å². The SMILES string of the molecule is CC(C)N(OC(=O)C(=O)ON(C(N)=O)C(C)C)C(N)=O. The Morgan fingerprint density at radius 3 is 1.15 bits per heavy atom. The van der Waals surface area contributed by atoms with E-state index < -0.39 is 36.1 Å². The van der Waals surface area contributed by atoms with Gasteiger partial charge in [0.2, 0.25) is 0 Å². The predicted octanol–water partition coefficient (Wildman–Crippen LogP) is -0.519. The molecule has 0 fully saturated rings. The molecule has 20 heavy (non-hydrogen) atoms. The first-order valence-electron chi connectivity index (χ1n) is 5.69. The number of hydrogen-bond donors (Lipinski definition) is 2. The molecule has 0 rings (SSSR count). The number of nitrogens with two attached hydrogens (primary N) is 2. The van der Waals surface area contributed by atoms with E-state index in [4.69, 9.17) is 11.5 Å². The van der Waals surface area contributed by atoms with Gasteiger partial charge in [0.25, 0.3) is 0 Å². The molecule has 0 saturated heterocycles. The minimum Gasteiger partial charge on any atom is -0.349 e. The fourth-order valence-corrected chi connectivity index (χ4v) is 1.06. The molecule has 0 saturated carbocycles. The normalized spacial score (nSPS) is 10.1. The van der Waals surface area contributed by atoms with Crippen molar-refractivity contribution in [2.24, 2.45) is 11.5 Å². The second-order valence-electron chi connectivity index (χ2n) is 4.27. The van der Waals surface area contributed by atoms with Crippen molar-refractivity contribution in [3.05, 3.63) is 0 Å². The molecule has 0 aliphatic carbocycles. The lowest BCUT2D eigenvalue weighted by molar-refractivity contribution is -0.209. The van der Waals surface area contributed by atoms with Gasteiger partial charge in [-0.1, -0.05) is 0 Å². The highest BCUT2D eigenvalue weighted by atomic mass is 16.8. The maximum atomic E-state index is 11.4. The van der Waals surface area contributed by atoms with E-state index in [1.807, 2.05) is 0 Å². The van der Waals surface area contributed by atoms with Crippen LogP contribution in [0.1, 0.15) is 27.7 Å². The molecule has 0 unspecified atom stereocenters. The second-order valence-corrected chi connectivity index (χ2v) is 4.27. The first-order chi connectivity index (χ1) is 9.07. The Labute approximate surface area is 115 Å². The molecule has 10 heteroatoms. The van der Waals surface area contributed by atoms with Gasteiger partial charge in [-0.05, 0) is 27.7 Å². The highest BCUT2D eigenvalue weighted by Crippen LogP contribution is 2.03. The lowest BCUT2D eigenvalue weighted by Crippen LogP contribution is -2.47. The van der Waals surface area contributed by atoms with Crippen LogP contribution in [0.5, 0.6) is 0 Å². The van der Waals surface area contributed by atoms with Gasteiger partial charge >= 0.3 is 24.0 Å². The molecule has 0 aliphatic rings. The van der Waals surface area contributed by atoms with Gasteiger partial charge in [-0.3, -0.25) is 0 Å². The van der Waals surface area contributed by atoms with E-state index in [9.17, 15) is 19.2 Å². The maximum Gasteiger partial charge on any atom is 0.444 e. The zero-order valence-corrected chi connectivity index (χ0v) is 11.7. The van der Waals surface area contributed by atoms with Gasteiger partial charge in [-0.15, -0.1) is 0 Å². The fraction of sp³-hybridized carbons (Fsp3) is 0.600. The van der Waals surface area contributed by atoms with Crippen LogP contribution >= 0.6 is 0 Å². The standard InChI is InChI=1S/C10H18N4O6/c1-5(2)13(9(11)17)19-7(15)8(16)20-14(6(3)4)10(12)18/h5-6H,1-4H3,(H2,11,17)(H2,12,18). The molecule has 0 bridgehead atoms. The average molecular weight is 290 g/mol. The van der Waals surface area contributed by atoms with E-state index >= 15 is 0 Å². The molecule has 0 spiro atoms. The van der Waals surface area contributed by atoms with Crippen molar-refractivity contribution in [2.45, 2.75) is 39.8 Å². The molecule has 0 aliphatic heterocycles. The smallest absolute Gasteiger partial charge is 0.349 e. The first-order valence-corrected chi connectivity index (χ1v) is 5.69. The monoisotopic (exact) mass is 290 g/mol. The molecule has 0 heterocycles. The molecule has 4 amide bonds. The summed E-state index contributed by atoms with van der Waals surface area (Å²) < 4.78 is 0. The third kappa shape index (κ3) is 5.00. The summed E-state index contributed by atoms with van der Waals surface area (Å²) in [6.45, 7) is 6.03. The number of rotatable bonds is 2. The number of amides is 4. The van der Waals surface area contributed by atoms with Crippen molar-refractivity contribution in [3.8, 4) is 0 Å². The zero-order valence-electron chi connectivity index (χ0n) is 11.7. The van der Waals surface area contributed by atoms with Gasteiger partial charge in [-0.25, -0.2) is 19.2 Å². The van der Waals surface area contributed by atoms with Crippen molar-refractivity contribution in [2.75, 3.05) is 0 Å². The summed E-state index contributed by atoms with van der Waals surface area (Å²) in [7, 11) is 0. The second kappa shape index (κ2) is 7.16. The average Bonchev–Trinajstić information content (AvgIpc) is 2.30. The number of hydrogen-bond acceptors (Lipinski definition) is 6. The molecular formula is C10H18N4O6. The predicted molar refractivity (Wildman–Crippen MR) is 65.3 cm³/mol. The topological polar surface area (TPSA) is 145 Å². The Morgan fingerprint density at radius 2 is 1.00 bits per heavy atom. The lowest BCUT2D eigenvalue weighted by Gasteiger charge is -2.24. The summed E-state index contributed by atoms with van der Waals surface area (Å²) in [6, 6.07) is -3.28. The molecule has 0 atom stereocenters. The van der Waals surface area contributed by atoms with Gasteiger partial charge in [0.05, 0.1) is 12.1 Å². The van der Waals surface area contributed by atoms with Gasteiger partial charge in [0.1, 0.15) is 0 Å². The fourth-order valence-electron chi connectivity index (χ4n) is 1.06. The van der Waals surface area contributed by atoms with Crippen LogP contribution in [0.3, 0.4) is 0 Å². The van der Waals surface area contributed by atoms with Crippen molar-refractivity contribution in [3.63, 3.8) is 0 Å². The number of hydroxylamine groups is 4. The number of urea groups is 2. The Kier molecular flexibility index (Phi) is 6.26. The largest absolute Gasteiger partial charge is 0.444 e. The highest BCUT2D eigenvalue weighted by Gasteiger charge is 2.29. The van der Waals surface area contributed by atoms with Gasteiger partial charge in [0, 0.05) is 0 Å².